The van der Waals surface area contributed by atoms with Crippen molar-refractivity contribution in [1.82, 2.24) is 15.5 Å². The smallest absolute Gasteiger partial charge is 0.323 e. The number of carbonyl (C=O) groups excluding carboxylic acids is 2. The van der Waals surface area contributed by atoms with Gasteiger partial charge in [0.2, 0.25) is 5.91 Å². The molecule has 1 spiro atoms. The molecule has 0 saturated carbocycles. The Morgan fingerprint density at radius 2 is 2.19 bits per heavy atom. The molecule has 2 atom stereocenters. The number of hydrogen-bond donors (Lipinski definition) is 3. The number of benzene rings is 1. The Bertz CT molecular complexity index is 796. The van der Waals surface area contributed by atoms with Gasteiger partial charge >= 0.3 is 6.03 Å². The Morgan fingerprint density at radius 1 is 1.41 bits per heavy atom. The van der Waals surface area contributed by atoms with Gasteiger partial charge in [0, 0.05) is 55.1 Å². The lowest BCUT2D eigenvalue weighted by Gasteiger charge is -2.26. The van der Waals surface area contributed by atoms with Gasteiger partial charge in [-0.1, -0.05) is 18.2 Å². The van der Waals surface area contributed by atoms with Crippen LogP contribution in [0.3, 0.4) is 0 Å². The van der Waals surface area contributed by atoms with E-state index < -0.39 is 6.17 Å². The van der Waals surface area contributed by atoms with E-state index >= 15 is 0 Å². The second-order valence-corrected chi connectivity index (χ2v) is 7.34. The molecule has 2 aliphatic heterocycles. The van der Waals surface area contributed by atoms with Crippen LogP contribution in [0, 0.1) is 0 Å². The predicted octanol–water partition coefficient (Wildman–Crippen LogP) is 1.89. The zero-order valence-electron chi connectivity index (χ0n) is 15.2. The number of amides is 3. The fourth-order valence-corrected chi connectivity index (χ4v) is 4.02. The molecule has 2 unspecified atom stereocenters. The minimum absolute atomic E-state index is 0.0443. The first-order chi connectivity index (χ1) is 12.9. The molecular weight excluding hydrogens is 366 g/mol. The van der Waals surface area contributed by atoms with Crippen LogP contribution in [0.25, 0.3) is 0 Å². The monoisotopic (exact) mass is 389 g/mol. The predicted molar refractivity (Wildman–Crippen MR) is 106 cm³/mol. The molecule has 1 saturated heterocycles. The largest absolute Gasteiger partial charge is 0.403 e. The lowest BCUT2D eigenvalue weighted by molar-refractivity contribution is -0.127. The summed E-state index contributed by atoms with van der Waals surface area (Å²) in [4.78, 5) is 28.3. The van der Waals surface area contributed by atoms with Gasteiger partial charge < -0.3 is 21.3 Å². The van der Waals surface area contributed by atoms with Crippen molar-refractivity contribution in [1.29, 1.82) is 0 Å². The van der Waals surface area contributed by atoms with Gasteiger partial charge in [-0.15, -0.1) is 0 Å². The van der Waals surface area contributed by atoms with Crippen molar-refractivity contribution in [3.8, 4) is 0 Å². The quantitative estimate of drug-likeness (QED) is 0.541. The molecule has 2 heterocycles. The first-order valence-electron chi connectivity index (χ1n) is 8.79. The lowest BCUT2D eigenvalue weighted by atomic mass is 9.81. The molecule has 0 aromatic heterocycles. The minimum atomic E-state index is -0.457. The SMILES string of the molecule is C=CC(N/C=C\N)NC(=O)N1CC2(CCN(C(C)=O)C2)c2cc(Cl)ccc21. The highest BCUT2D eigenvalue weighted by Gasteiger charge is 2.49. The van der Waals surface area contributed by atoms with Crippen LogP contribution in [0.4, 0.5) is 10.5 Å². The number of carbonyl (C=O) groups is 2. The van der Waals surface area contributed by atoms with E-state index in [0.717, 1.165) is 17.7 Å². The van der Waals surface area contributed by atoms with Crippen molar-refractivity contribution < 1.29 is 9.59 Å². The Labute approximate surface area is 163 Å². The third kappa shape index (κ3) is 3.60. The van der Waals surface area contributed by atoms with Crippen molar-refractivity contribution in [3.05, 3.63) is 53.8 Å². The molecule has 27 heavy (non-hydrogen) atoms. The second kappa shape index (κ2) is 7.52. The molecule has 1 aromatic carbocycles. The van der Waals surface area contributed by atoms with Crippen LogP contribution in [0.5, 0.6) is 0 Å². The molecule has 0 bridgehead atoms. The first-order valence-corrected chi connectivity index (χ1v) is 9.17. The lowest BCUT2D eigenvalue weighted by Crippen LogP contribution is -2.50. The molecule has 1 fully saturated rings. The van der Waals surface area contributed by atoms with Crippen molar-refractivity contribution in [3.63, 3.8) is 0 Å². The number of urea groups is 1. The van der Waals surface area contributed by atoms with E-state index in [-0.39, 0.29) is 17.4 Å². The molecule has 1 aromatic rings. The van der Waals surface area contributed by atoms with Crippen LogP contribution in [-0.2, 0) is 10.2 Å². The van der Waals surface area contributed by atoms with Gasteiger partial charge in [-0.25, -0.2) is 4.79 Å². The van der Waals surface area contributed by atoms with Gasteiger partial charge in [-0.2, -0.15) is 0 Å². The fourth-order valence-electron chi connectivity index (χ4n) is 3.85. The average molecular weight is 390 g/mol. The van der Waals surface area contributed by atoms with Crippen molar-refractivity contribution in [2.75, 3.05) is 24.5 Å². The molecule has 144 valence electrons. The molecule has 0 radical (unpaired) electrons. The van der Waals surface area contributed by atoms with Gasteiger partial charge in [-0.05, 0) is 36.3 Å². The van der Waals surface area contributed by atoms with Crippen LogP contribution in [0.1, 0.15) is 18.9 Å². The van der Waals surface area contributed by atoms with Crippen molar-refractivity contribution >= 4 is 29.2 Å². The van der Waals surface area contributed by atoms with Gasteiger partial charge in [0.1, 0.15) is 6.17 Å². The number of anilines is 1. The van der Waals surface area contributed by atoms with Crippen LogP contribution < -0.4 is 21.3 Å². The van der Waals surface area contributed by atoms with Gasteiger partial charge in [0.25, 0.3) is 0 Å². The zero-order valence-corrected chi connectivity index (χ0v) is 16.0. The number of rotatable bonds is 4. The summed E-state index contributed by atoms with van der Waals surface area (Å²) in [6.07, 6.45) is 4.80. The Hall–Kier alpha value is -2.67. The highest BCUT2D eigenvalue weighted by molar-refractivity contribution is 6.30. The van der Waals surface area contributed by atoms with E-state index in [2.05, 4.69) is 17.2 Å². The summed E-state index contributed by atoms with van der Waals surface area (Å²) in [5.74, 6) is 0.0443. The Kier molecular flexibility index (Phi) is 5.32. The van der Waals surface area contributed by atoms with Crippen LogP contribution in [-0.4, -0.2) is 42.6 Å². The Morgan fingerprint density at radius 3 is 2.81 bits per heavy atom. The molecule has 2 aliphatic rings. The van der Waals surface area contributed by atoms with E-state index in [1.165, 1.54) is 12.4 Å². The van der Waals surface area contributed by atoms with E-state index in [1.807, 2.05) is 17.0 Å². The third-order valence-corrected chi connectivity index (χ3v) is 5.45. The number of nitrogens with zero attached hydrogens (tertiary/aromatic N) is 2. The highest BCUT2D eigenvalue weighted by atomic mass is 35.5. The van der Waals surface area contributed by atoms with E-state index in [1.54, 1.807) is 24.0 Å². The summed E-state index contributed by atoms with van der Waals surface area (Å²) in [6, 6.07) is 5.30. The summed E-state index contributed by atoms with van der Waals surface area (Å²) in [5.41, 5.74) is 6.87. The number of hydrogen-bond acceptors (Lipinski definition) is 4. The molecule has 7 nitrogen and oxygen atoms in total. The molecule has 8 heteroatoms. The Balaban J connectivity index is 1.87. The van der Waals surface area contributed by atoms with E-state index in [9.17, 15) is 9.59 Å². The van der Waals surface area contributed by atoms with Crippen LogP contribution in [0.15, 0.2) is 43.3 Å². The summed E-state index contributed by atoms with van der Waals surface area (Å²) >= 11 is 6.23. The topological polar surface area (TPSA) is 90.7 Å². The number of nitrogens with one attached hydrogen (secondary N) is 2. The zero-order chi connectivity index (χ0) is 19.6. The van der Waals surface area contributed by atoms with Crippen LogP contribution >= 0.6 is 11.6 Å². The average Bonchev–Trinajstić information content (AvgIpc) is 3.21. The van der Waals surface area contributed by atoms with Crippen molar-refractivity contribution in [2.45, 2.75) is 24.9 Å². The minimum Gasteiger partial charge on any atom is -0.403 e. The maximum atomic E-state index is 12.9. The number of fused-ring (bicyclic) bond motifs is 2. The number of nitrogens with two attached hydrogens (primary N) is 1. The normalized spacial score (nSPS) is 22.1. The van der Waals surface area contributed by atoms with Crippen molar-refractivity contribution in [2.24, 2.45) is 5.73 Å². The van der Waals surface area contributed by atoms with E-state index in [0.29, 0.717) is 24.7 Å². The maximum absolute atomic E-state index is 12.9. The molecule has 3 rings (SSSR count). The third-order valence-electron chi connectivity index (χ3n) is 5.21. The summed E-state index contributed by atoms with van der Waals surface area (Å²) in [7, 11) is 0. The van der Waals surface area contributed by atoms with Gasteiger partial charge in [0.15, 0.2) is 0 Å². The summed E-state index contributed by atoms with van der Waals surface area (Å²) in [5, 5.41) is 6.43. The van der Waals surface area contributed by atoms with E-state index in [4.69, 9.17) is 17.3 Å². The summed E-state index contributed by atoms with van der Waals surface area (Å²) < 4.78 is 0. The second-order valence-electron chi connectivity index (χ2n) is 6.91. The van der Waals surface area contributed by atoms with Gasteiger partial charge in [0.05, 0.1) is 0 Å². The molecule has 3 amide bonds. The molecule has 0 aliphatic carbocycles. The summed E-state index contributed by atoms with van der Waals surface area (Å²) in [6.45, 7) is 7.04. The fraction of sp³-hybridized carbons (Fsp3) is 0.368. The number of halogens is 1. The molecular formula is C19H24ClN5O2. The van der Waals surface area contributed by atoms with Crippen LogP contribution in [0.2, 0.25) is 5.02 Å². The maximum Gasteiger partial charge on any atom is 0.323 e. The highest BCUT2D eigenvalue weighted by Crippen LogP contribution is 2.47. The molecule has 4 N–H and O–H groups in total. The first kappa shape index (κ1) is 19.1. The number of likely N-dealkylation sites (tertiary alicyclic amines) is 1. The van der Waals surface area contributed by atoms with Gasteiger partial charge in [-0.3, -0.25) is 9.69 Å². The standard InChI is InChI=1S/C19H24ClN5O2/c1-3-17(22-8-7-21)23-18(27)25-12-19(6-9-24(11-19)13(2)26)15-10-14(20)4-5-16(15)25/h3-5,7-8,10,17,22H,1,6,9,11-12,21H2,2H3,(H,23,27)/b8-7-.